The number of fused-ring (bicyclic) bond motifs is 1. The lowest BCUT2D eigenvalue weighted by molar-refractivity contribution is 0.0521. The molecule has 1 aliphatic rings. The van der Waals surface area contributed by atoms with E-state index in [0.29, 0.717) is 30.0 Å². The molecule has 0 aliphatic carbocycles. The molecule has 2 aromatic rings. The summed E-state index contributed by atoms with van der Waals surface area (Å²) in [5, 5.41) is 8.80. The molecule has 5 heteroatoms. The molecule has 1 amide bonds. The largest absolute Gasteiger partial charge is 0.486 e. The number of ether oxygens (including phenoxy) is 2. The minimum absolute atomic E-state index is 0.114. The fourth-order valence-electron chi connectivity index (χ4n) is 2.45. The van der Waals surface area contributed by atoms with Crippen molar-refractivity contribution in [1.29, 1.82) is 5.26 Å². The Labute approximate surface area is 134 Å². The zero-order valence-electron chi connectivity index (χ0n) is 12.7. The van der Waals surface area contributed by atoms with Gasteiger partial charge in [-0.05, 0) is 36.4 Å². The molecule has 0 spiro atoms. The highest BCUT2D eigenvalue weighted by molar-refractivity contribution is 5.94. The SMILES string of the molecule is CN(C[C@H]1COc2ccccc2O1)C(=O)c1ccc(C#N)cc1. The molecule has 116 valence electrons. The molecule has 1 heterocycles. The first-order valence-corrected chi connectivity index (χ1v) is 7.31. The van der Waals surface area contributed by atoms with Gasteiger partial charge in [-0.2, -0.15) is 5.26 Å². The second-order valence-corrected chi connectivity index (χ2v) is 5.37. The lowest BCUT2D eigenvalue weighted by Gasteiger charge is -2.29. The van der Waals surface area contributed by atoms with Crippen LogP contribution in [-0.4, -0.2) is 37.1 Å². The summed E-state index contributed by atoms with van der Waals surface area (Å²) in [6.45, 7) is 0.829. The van der Waals surface area contributed by atoms with E-state index in [-0.39, 0.29) is 12.0 Å². The van der Waals surface area contributed by atoms with E-state index in [9.17, 15) is 4.79 Å². The number of hydrogen-bond donors (Lipinski definition) is 0. The van der Waals surface area contributed by atoms with Gasteiger partial charge in [0.15, 0.2) is 17.6 Å². The highest BCUT2D eigenvalue weighted by atomic mass is 16.6. The monoisotopic (exact) mass is 308 g/mol. The lowest BCUT2D eigenvalue weighted by Crippen LogP contribution is -2.41. The summed E-state index contributed by atoms with van der Waals surface area (Å²) in [4.78, 5) is 14.0. The molecule has 0 N–H and O–H groups in total. The molecule has 3 rings (SSSR count). The van der Waals surface area contributed by atoms with Gasteiger partial charge in [-0.15, -0.1) is 0 Å². The topological polar surface area (TPSA) is 62.6 Å². The van der Waals surface area contributed by atoms with Gasteiger partial charge in [0, 0.05) is 12.6 Å². The van der Waals surface area contributed by atoms with Gasteiger partial charge in [0.25, 0.3) is 5.91 Å². The fraction of sp³-hybridized carbons (Fsp3) is 0.222. The van der Waals surface area contributed by atoms with E-state index in [1.54, 1.807) is 36.2 Å². The molecule has 0 saturated carbocycles. The quantitative estimate of drug-likeness (QED) is 0.874. The van der Waals surface area contributed by atoms with E-state index in [0.717, 1.165) is 5.75 Å². The van der Waals surface area contributed by atoms with Gasteiger partial charge in [0.2, 0.25) is 0 Å². The van der Waals surface area contributed by atoms with Gasteiger partial charge in [-0.1, -0.05) is 12.1 Å². The van der Waals surface area contributed by atoms with E-state index in [1.165, 1.54) is 0 Å². The normalized spacial score (nSPS) is 15.6. The summed E-state index contributed by atoms with van der Waals surface area (Å²) in [6, 6.07) is 16.1. The number of rotatable bonds is 3. The molecular weight excluding hydrogens is 292 g/mol. The predicted molar refractivity (Wildman–Crippen MR) is 84.5 cm³/mol. The van der Waals surface area contributed by atoms with Crippen LogP contribution in [0.4, 0.5) is 0 Å². The van der Waals surface area contributed by atoms with Crippen LogP contribution in [0.3, 0.4) is 0 Å². The Morgan fingerprint density at radius 3 is 2.61 bits per heavy atom. The Bertz CT molecular complexity index is 750. The summed E-state index contributed by atoms with van der Waals surface area (Å²) in [7, 11) is 1.73. The van der Waals surface area contributed by atoms with Crippen LogP contribution in [0.2, 0.25) is 0 Å². The number of carbonyl (C=O) groups excluding carboxylic acids is 1. The Balaban J connectivity index is 1.64. The molecule has 0 saturated heterocycles. The van der Waals surface area contributed by atoms with Crippen molar-refractivity contribution >= 4 is 5.91 Å². The van der Waals surface area contributed by atoms with Crippen molar-refractivity contribution in [3.63, 3.8) is 0 Å². The van der Waals surface area contributed by atoms with Crippen LogP contribution >= 0.6 is 0 Å². The zero-order valence-corrected chi connectivity index (χ0v) is 12.7. The number of para-hydroxylation sites is 2. The third-order valence-corrected chi connectivity index (χ3v) is 3.65. The second kappa shape index (κ2) is 6.41. The second-order valence-electron chi connectivity index (χ2n) is 5.37. The molecule has 1 aliphatic heterocycles. The molecule has 23 heavy (non-hydrogen) atoms. The average molecular weight is 308 g/mol. The number of amides is 1. The van der Waals surface area contributed by atoms with Gasteiger partial charge in [0.05, 0.1) is 18.2 Å². The molecule has 0 fully saturated rings. The number of benzene rings is 2. The molecule has 5 nitrogen and oxygen atoms in total. The van der Waals surface area contributed by atoms with Gasteiger partial charge in [0.1, 0.15) is 6.61 Å². The first-order chi connectivity index (χ1) is 11.2. The number of carbonyl (C=O) groups is 1. The van der Waals surface area contributed by atoms with Crippen LogP contribution in [0.1, 0.15) is 15.9 Å². The van der Waals surface area contributed by atoms with Crippen molar-refractivity contribution in [2.75, 3.05) is 20.2 Å². The van der Waals surface area contributed by atoms with E-state index >= 15 is 0 Å². The summed E-state index contributed by atoms with van der Waals surface area (Å²) >= 11 is 0. The molecule has 2 aromatic carbocycles. The maximum Gasteiger partial charge on any atom is 0.253 e. The Kier molecular flexibility index (Phi) is 4.15. The van der Waals surface area contributed by atoms with E-state index in [2.05, 4.69) is 0 Å². The van der Waals surface area contributed by atoms with Crippen LogP contribution in [0.25, 0.3) is 0 Å². The van der Waals surface area contributed by atoms with Gasteiger partial charge in [-0.25, -0.2) is 0 Å². The minimum atomic E-state index is -0.211. The van der Waals surface area contributed by atoms with Crippen molar-refractivity contribution in [3.05, 3.63) is 59.7 Å². The summed E-state index contributed by atoms with van der Waals surface area (Å²) in [5.74, 6) is 1.31. The van der Waals surface area contributed by atoms with E-state index in [1.807, 2.05) is 30.3 Å². The van der Waals surface area contributed by atoms with Crippen molar-refractivity contribution in [2.45, 2.75) is 6.10 Å². The van der Waals surface area contributed by atoms with Crippen LogP contribution < -0.4 is 9.47 Å². The standard InChI is InChI=1S/C18H16N2O3/c1-20(18(21)14-8-6-13(10-19)7-9-14)11-15-12-22-16-4-2-3-5-17(16)23-15/h2-9,15H,11-12H2,1H3/t15-/m0/s1. The average Bonchev–Trinajstić information content (AvgIpc) is 2.61. The lowest BCUT2D eigenvalue weighted by atomic mass is 10.1. The third kappa shape index (κ3) is 3.27. The smallest absolute Gasteiger partial charge is 0.253 e. The maximum atomic E-state index is 12.4. The first kappa shape index (κ1) is 14.9. The van der Waals surface area contributed by atoms with Crippen molar-refractivity contribution in [1.82, 2.24) is 4.90 Å². The molecule has 0 aromatic heterocycles. The number of nitrogens with zero attached hydrogens (tertiary/aromatic N) is 2. The molecular formula is C18H16N2O3. The van der Waals surface area contributed by atoms with Gasteiger partial charge < -0.3 is 14.4 Å². The van der Waals surface area contributed by atoms with Gasteiger partial charge >= 0.3 is 0 Å². The number of hydrogen-bond acceptors (Lipinski definition) is 4. The van der Waals surface area contributed by atoms with Crippen LogP contribution in [0.5, 0.6) is 11.5 Å². The molecule has 0 radical (unpaired) electrons. The number of nitriles is 1. The Hall–Kier alpha value is -3.00. The fourth-order valence-corrected chi connectivity index (χ4v) is 2.45. The highest BCUT2D eigenvalue weighted by Crippen LogP contribution is 2.31. The summed E-state index contributed by atoms with van der Waals surface area (Å²) < 4.78 is 11.5. The summed E-state index contributed by atoms with van der Waals surface area (Å²) in [5.41, 5.74) is 1.08. The van der Waals surface area contributed by atoms with Crippen LogP contribution in [-0.2, 0) is 0 Å². The molecule has 0 unspecified atom stereocenters. The van der Waals surface area contributed by atoms with Crippen molar-refractivity contribution in [3.8, 4) is 17.6 Å². The van der Waals surface area contributed by atoms with Crippen LogP contribution in [0, 0.1) is 11.3 Å². The third-order valence-electron chi connectivity index (χ3n) is 3.65. The van der Waals surface area contributed by atoms with Crippen molar-refractivity contribution in [2.24, 2.45) is 0 Å². The predicted octanol–water partition coefficient (Wildman–Crippen LogP) is 2.47. The highest BCUT2D eigenvalue weighted by Gasteiger charge is 2.24. The Morgan fingerprint density at radius 2 is 1.91 bits per heavy atom. The van der Waals surface area contributed by atoms with Crippen LogP contribution in [0.15, 0.2) is 48.5 Å². The minimum Gasteiger partial charge on any atom is -0.486 e. The molecule has 0 bridgehead atoms. The first-order valence-electron chi connectivity index (χ1n) is 7.31. The van der Waals surface area contributed by atoms with Gasteiger partial charge in [-0.3, -0.25) is 4.79 Å². The zero-order chi connectivity index (χ0) is 16.2. The molecule has 1 atom stereocenters. The van der Waals surface area contributed by atoms with E-state index in [4.69, 9.17) is 14.7 Å². The maximum absolute atomic E-state index is 12.4. The Morgan fingerprint density at radius 1 is 1.22 bits per heavy atom. The number of likely N-dealkylation sites (N-methyl/N-ethyl adjacent to an activating group) is 1. The summed E-state index contributed by atoms with van der Waals surface area (Å²) in [6.07, 6.45) is -0.211. The van der Waals surface area contributed by atoms with E-state index < -0.39 is 0 Å². The van der Waals surface area contributed by atoms with Crippen molar-refractivity contribution < 1.29 is 14.3 Å².